The molecule has 0 spiro atoms. The third-order valence-electron chi connectivity index (χ3n) is 3.03. The monoisotopic (exact) mass is 256 g/mol. The minimum Gasteiger partial charge on any atom is -0.480 e. The number of aromatic nitrogens is 1. The van der Waals surface area contributed by atoms with Crippen LogP contribution in [0, 0.1) is 0 Å². The SMILES string of the molecule is COc1ncc(C2CCCS(=O)(=O)C2)cc1N. The Morgan fingerprint density at radius 1 is 1.53 bits per heavy atom. The van der Waals surface area contributed by atoms with Gasteiger partial charge in [0.25, 0.3) is 0 Å². The summed E-state index contributed by atoms with van der Waals surface area (Å²) < 4.78 is 28.1. The van der Waals surface area contributed by atoms with Crippen LogP contribution in [0.5, 0.6) is 5.88 Å². The zero-order valence-corrected chi connectivity index (χ0v) is 10.5. The number of nitrogen functional groups attached to an aromatic ring is 1. The van der Waals surface area contributed by atoms with Crippen LogP contribution in [-0.4, -0.2) is 32.0 Å². The van der Waals surface area contributed by atoms with Crippen molar-refractivity contribution in [3.05, 3.63) is 17.8 Å². The van der Waals surface area contributed by atoms with Crippen molar-refractivity contribution in [1.29, 1.82) is 0 Å². The molecule has 17 heavy (non-hydrogen) atoms. The van der Waals surface area contributed by atoms with E-state index in [1.54, 1.807) is 12.3 Å². The van der Waals surface area contributed by atoms with E-state index in [-0.39, 0.29) is 11.7 Å². The molecule has 1 fully saturated rings. The predicted molar refractivity (Wildman–Crippen MR) is 65.8 cm³/mol. The molecule has 2 rings (SSSR count). The van der Waals surface area contributed by atoms with Crippen molar-refractivity contribution in [1.82, 2.24) is 4.98 Å². The second-order valence-electron chi connectivity index (χ2n) is 4.32. The van der Waals surface area contributed by atoms with Gasteiger partial charge >= 0.3 is 0 Å². The first kappa shape index (κ1) is 12.2. The van der Waals surface area contributed by atoms with Crippen molar-refractivity contribution in [2.75, 3.05) is 24.3 Å². The summed E-state index contributed by atoms with van der Waals surface area (Å²) in [7, 11) is -1.41. The zero-order valence-electron chi connectivity index (χ0n) is 9.72. The predicted octanol–water partition coefficient (Wildman–Crippen LogP) is 0.965. The molecule has 1 atom stereocenters. The fourth-order valence-electron chi connectivity index (χ4n) is 2.17. The van der Waals surface area contributed by atoms with Crippen LogP contribution in [0.15, 0.2) is 12.3 Å². The standard InChI is InChI=1S/C11H16N2O3S/c1-16-11-10(12)5-9(6-13-11)8-3-2-4-17(14,15)7-8/h5-6,8H,2-4,7,12H2,1H3. The molecule has 0 saturated carbocycles. The van der Waals surface area contributed by atoms with Crippen molar-refractivity contribution in [2.24, 2.45) is 0 Å². The van der Waals surface area contributed by atoms with E-state index < -0.39 is 9.84 Å². The van der Waals surface area contributed by atoms with Gasteiger partial charge in [-0.15, -0.1) is 0 Å². The first-order valence-corrected chi connectivity index (χ1v) is 7.34. The average molecular weight is 256 g/mol. The minimum atomic E-state index is -2.91. The minimum absolute atomic E-state index is 0.00876. The van der Waals surface area contributed by atoms with Gasteiger partial charge in [0.2, 0.25) is 5.88 Å². The number of rotatable bonds is 2. The zero-order chi connectivity index (χ0) is 12.5. The van der Waals surface area contributed by atoms with E-state index in [1.165, 1.54) is 7.11 Å². The second kappa shape index (κ2) is 4.52. The Hall–Kier alpha value is -1.30. The summed E-state index contributed by atoms with van der Waals surface area (Å²) in [5.74, 6) is 0.880. The van der Waals surface area contributed by atoms with Crippen LogP contribution in [-0.2, 0) is 9.84 Å². The summed E-state index contributed by atoms with van der Waals surface area (Å²) in [6.45, 7) is 0. The Bertz CT molecular complexity index is 513. The second-order valence-corrected chi connectivity index (χ2v) is 6.55. The first-order chi connectivity index (χ1) is 8.02. The Balaban J connectivity index is 2.25. The lowest BCUT2D eigenvalue weighted by Crippen LogP contribution is -2.23. The number of pyridine rings is 1. The van der Waals surface area contributed by atoms with Crippen LogP contribution in [0.3, 0.4) is 0 Å². The Kier molecular flexibility index (Phi) is 3.24. The van der Waals surface area contributed by atoms with E-state index in [0.717, 1.165) is 12.0 Å². The molecule has 0 aromatic carbocycles. The van der Waals surface area contributed by atoms with Gasteiger partial charge < -0.3 is 10.5 Å². The van der Waals surface area contributed by atoms with E-state index in [1.807, 2.05) is 0 Å². The van der Waals surface area contributed by atoms with Crippen molar-refractivity contribution >= 4 is 15.5 Å². The summed E-state index contributed by atoms with van der Waals surface area (Å²) in [4.78, 5) is 4.08. The molecule has 1 aliphatic heterocycles. The smallest absolute Gasteiger partial charge is 0.236 e. The van der Waals surface area contributed by atoms with Crippen LogP contribution >= 0.6 is 0 Å². The van der Waals surface area contributed by atoms with Gasteiger partial charge in [-0.2, -0.15) is 0 Å². The third kappa shape index (κ3) is 2.69. The number of ether oxygens (including phenoxy) is 1. The molecule has 1 aromatic heterocycles. The van der Waals surface area contributed by atoms with Gasteiger partial charge in [-0.05, 0) is 30.4 Å². The van der Waals surface area contributed by atoms with Gasteiger partial charge in [-0.3, -0.25) is 0 Å². The quantitative estimate of drug-likeness (QED) is 0.852. The van der Waals surface area contributed by atoms with Crippen molar-refractivity contribution in [3.8, 4) is 5.88 Å². The number of nitrogens with two attached hydrogens (primary N) is 1. The topological polar surface area (TPSA) is 82.3 Å². The number of hydrogen-bond donors (Lipinski definition) is 1. The van der Waals surface area contributed by atoms with Crippen molar-refractivity contribution in [2.45, 2.75) is 18.8 Å². The highest BCUT2D eigenvalue weighted by atomic mass is 32.2. The molecule has 1 saturated heterocycles. The van der Waals surface area contributed by atoms with Crippen LogP contribution in [0.25, 0.3) is 0 Å². The Labute approximate surface area is 101 Å². The molecular weight excluding hydrogens is 240 g/mol. The van der Waals surface area contributed by atoms with Crippen LogP contribution in [0.2, 0.25) is 0 Å². The largest absolute Gasteiger partial charge is 0.480 e. The van der Waals surface area contributed by atoms with Gasteiger partial charge in [-0.1, -0.05) is 0 Å². The maximum Gasteiger partial charge on any atom is 0.236 e. The molecule has 94 valence electrons. The highest BCUT2D eigenvalue weighted by Crippen LogP contribution is 2.30. The number of anilines is 1. The highest BCUT2D eigenvalue weighted by molar-refractivity contribution is 7.91. The lowest BCUT2D eigenvalue weighted by atomic mass is 9.97. The molecule has 2 N–H and O–H groups in total. The van der Waals surface area contributed by atoms with E-state index in [0.29, 0.717) is 23.7 Å². The molecule has 0 bridgehead atoms. The summed E-state index contributed by atoms with van der Waals surface area (Å²) in [5, 5.41) is 0. The Morgan fingerprint density at radius 2 is 2.29 bits per heavy atom. The van der Waals surface area contributed by atoms with Crippen LogP contribution in [0.1, 0.15) is 24.3 Å². The van der Waals surface area contributed by atoms with Gasteiger partial charge in [-0.25, -0.2) is 13.4 Å². The van der Waals surface area contributed by atoms with Crippen LogP contribution in [0.4, 0.5) is 5.69 Å². The number of nitrogens with zero attached hydrogens (tertiary/aromatic N) is 1. The average Bonchev–Trinajstić information content (AvgIpc) is 2.27. The number of methoxy groups -OCH3 is 1. The van der Waals surface area contributed by atoms with E-state index >= 15 is 0 Å². The molecule has 5 nitrogen and oxygen atoms in total. The maximum atomic E-state index is 11.6. The number of sulfone groups is 1. The molecule has 1 aliphatic rings. The number of hydrogen-bond acceptors (Lipinski definition) is 5. The van der Waals surface area contributed by atoms with E-state index in [9.17, 15) is 8.42 Å². The van der Waals surface area contributed by atoms with Crippen LogP contribution < -0.4 is 10.5 Å². The first-order valence-electron chi connectivity index (χ1n) is 5.51. The molecule has 0 aliphatic carbocycles. The van der Waals surface area contributed by atoms with Crippen molar-refractivity contribution < 1.29 is 13.2 Å². The lowest BCUT2D eigenvalue weighted by molar-refractivity contribution is 0.399. The van der Waals surface area contributed by atoms with Gasteiger partial charge in [0.05, 0.1) is 24.3 Å². The fourth-order valence-corrected chi connectivity index (χ4v) is 3.91. The third-order valence-corrected chi connectivity index (χ3v) is 4.85. The molecule has 0 radical (unpaired) electrons. The highest BCUT2D eigenvalue weighted by Gasteiger charge is 2.26. The summed E-state index contributed by atoms with van der Waals surface area (Å²) in [5.41, 5.74) is 7.10. The normalized spacial score (nSPS) is 23.2. The maximum absolute atomic E-state index is 11.6. The summed E-state index contributed by atoms with van der Waals surface area (Å²) in [6, 6.07) is 1.76. The molecule has 2 heterocycles. The summed E-state index contributed by atoms with van der Waals surface area (Å²) >= 11 is 0. The fraction of sp³-hybridized carbons (Fsp3) is 0.545. The molecule has 1 unspecified atom stereocenters. The van der Waals surface area contributed by atoms with Gasteiger partial charge in [0.1, 0.15) is 0 Å². The van der Waals surface area contributed by atoms with E-state index in [2.05, 4.69) is 4.98 Å². The molecule has 0 amide bonds. The van der Waals surface area contributed by atoms with Gasteiger partial charge in [0.15, 0.2) is 9.84 Å². The summed E-state index contributed by atoms with van der Waals surface area (Å²) in [6.07, 6.45) is 3.23. The molecule has 6 heteroatoms. The van der Waals surface area contributed by atoms with Crippen molar-refractivity contribution in [3.63, 3.8) is 0 Å². The molecule has 1 aromatic rings. The van der Waals surface area contributed by atoms with Gasteiger partial charge in [0, 0.05) is 6.20 Å². The van der Waals surface area contributed by atoms with E-state index in [4.69, 9.17) is 10.5 Å². The Morgan fingerprint density at radius 3 is 2.88 bits per heavy atom. The lowest BCUT2D eigenvalue weighted by Gasteiger charge is -2.22. The molecular formula is C11H16N2O3S.